The Morgan fingerprint density at radius 1 is 0.543 bits per heavy atom. The molecule has 25 heteroatoms. The van der Waals surface area contributed by atoms with Crippen LogP contribution in [0.2, 0.25) is 0 Å². The Morgan fingerprint density at radius 3 is 0.829 bits per heavy atom. The van der Waals surface area contributed by atoms with Gasteiger partial charge in [-0.1, -0.05) is 0 Å². The molecule has 218 valence electrons. The zero-order chi connectivity index (χ0) is 25.0. The molecule has 0 atom stereocenters. The second-order valence-corrected chi connectivity index (χ2v) is 4.84. The SMILES string of the molecule is N.N.O=C([O-])NCC(F)(F)C(F)(F)C(F)(F)F.O=C([O-])NCC(F)(F)C(F)(F)C(F)(F)F.[Cl-].[Cl-].[Pt+4]. The Bertz CT molecular complexity index is 573. The predicted octanol–water partition coefficient (Wildman–Crippen LogP) is -4.17. The molecule has 0 unspecified atom stereocenters. The van der Waals surface area contributed by atoms with Crippen LogP contribution in [0.3, 0.4) is 0 Å². The molecular formula is C10H12Cl2F14N4O4Pt. The van der Waals surface area contributed by atoms with E-state index in [0.717, 1.165) is 0 Å². The molecule has 0 aliphatic carbocycles. The van der Waals surface area contributed by atoms with Gasteiger partial charge in [0.15, 0.2) is 0 Å². The average molecular weight is 784 g/mol. The van der Waals surface area contributed by atoms with E-state index in [1.54, 1.807) is 0 Å². The van der Waals surface area contributed by atoms with E-state index >= 15 is 0 Å². The first kappa shape index (κ1) is 50.6. The molecule has 8 nitrogen and oxygen atoms in total. The van der Waals surface area contributed by atoms with Crippen molar-refractivity contribution in [1.29, 1.82) is 0 Å². The molecule has 8 N–H and O–H groups in total. The van der Waals surface area contributed by atoms with Crippen LogP contribution in [0.1, 0.15) is 0 Å². The van der Waals surface area contributed by atoms with Crippen LogP contribution in [-0.4, -0.2) is 61.3 Å². The minimum atomic E-state index is -6.47. The van der Waals surface area contributed by atoms with Gasteiger partial charge in [-0.2, -0.15) is 61.5 Å². The van der Waals surface area contributed by atoms with Gasteiger partial charge in [-0.3, -0.25) is 0 Å². The molecule has 0 saturated heterocycles. The van der Waals surface area contributed by atoms with Gasteiger partial charge in [-0.25, -0.2) is 0 Å². The largest absolute Gasteiger partial charge is 4.00 e. The van der Waals surface area contributed by atoms with Gasteiger partial charge in [0, 0.05) is 0 Å². The number of hydrogen-bond donors (Lipinski definition) is 4. The van der Waals surface area contributed by atoms with E-state index in [0.29, 0.717) is 10.6 Å². The van der Waals surface area contributed by atoms with Gasteiger partial charge < -0.3 is 67.6 Å². The third-order valence-electron chi connectivity index (χ3n) is 2.54. The van der Waals surface area contributed by atoms with Crippen LogP contribution >= 0.6 is 0 Å². The molecule has 35 heavy (non-hydrogen) atoms. The van der Waals surface area contributed by atoms with Crippen molar-refractivity contribution in [3.8, 4) is 0 Å². The van der Waals surface area contributed by atoms with Crippen molar-refractivity contribution in [2.24, 2.45) is 0 Å². The van der Waals surface area contributed by atoms with E-state index in [2.05, 4.69) is 0 Å². The summed E-state index contributed by atoms with van der Waals surface area (Å²) in [7, 11) is 0. The third kappa shape index (κ3) is 14.2. The van der Waals surface area contributed by atoms with Crippen molar-refractivity contribution >= 4 is 12.2 Å². The molecule has 2 amide bonds. The normalized spacial score (nSPS) is 11.8. The second kappa shape index (κ2) is 16.5. The molecule has 0 bridgehead atoms. The first-order valence-electron chi connectivity index (χ1n) is 6.38. The first-order chi connectivity index (χ1) is 12.8. The predicted molar refractivity (Wildman–Crippen MR) is 68.7 cm³/mol. The molecule has 0 aromatic carbocycles. The van der Waals surface area contributed by atoms with Crippen LogP contribution < -0.4 is 58.0 Å². The second-order valence-electron chi connectivity index (χ2n) is 4.84. The van der Waals surface area contributed by atoms with Gasteiger partial charge >= 0.3 is 57.1 Å². The van der Waals surface area contributed by atoms with Gasteiger partial charge in [-0.15, -0.1) is 0 Å². The molecule has 0 radical (unpaired) electrons. The molecule has 0 aromatic rings. The van der Waals surface area contributed by atoms with E-state index in [1.165, 1.54) is 0 Å². The number of hydrogen-bond acceptors (Lipinski definition) is 6. The number of alkyl halides is 14. The van der Waals surface area contributed by atoms with Crippen LogP contribution in [0.4, 0.5) is 71.1 Å². The van der Waals surface area contributed by atoms with Crippen LogP contribution in [0.15, 0.2) is 0 Å². The van der Waals surface area contributed by atoms with Crippen molar-refractivity contribution in [1.82, 2.24) is 22.9 Å². The molecule has 0 rings (SSSR count). The Hall–Kier alpha value is -1.25. The van der Waals surface area contributed by atoms with Crippen LogP contribution in [0.5, 0.6) is 0 Å². The molecular weight excluding hydrogens is 772 g/mol. The van der Waals surface area contributed by atoms with Gasteiger partial charge in [-0.05, 0) is 0 Å². The monoisotopic (exact) mass is 783 g/mol. The van der Waals surface area contributed by atoms with E-state index in [1.807, 2.05) is 0 Å². The minimum absolute atomic E-state index is 0. The molecule has 0 heterocycles. The maximum atomic E-state index is 12.2. The van der Waals surface area contributed by atoms with Crippen molar-refractivity contribution in [3.63, 3.8) is 0 Å². The Balaban J connectivity index is -0.0000000784. The number of amides is 2. The topological polar surface area (TPSA) is 174 Å². The van der Waals surface area contributed by atoms with E-state index < -0.39 is 61.3 Å². The summed E-state index contributed by atoms with van der Waals surface area (Å²) in [6.45, 7) is -4.77. The maximum Gasteiger partial charge on any atom is 4.00 e. The summed E-state index contributed by atoms with van der Waals surface area (Å²) in [6.07, 6.45) is -17.7. The van der Waals surface area contributed by atoms with E-state index in [4.69, 9.17) is 0 Å². The number of carboxylic acid groups (broad SMARTS) is 2. The zero-order valence-corrected chi connectivity index (χ0v) is 19.6. The summed E-state index contributed by atoms with van der Waals surface area (Å²) in [4.78, 5) is 19.1. The summed E-state index contributed by atoms with van der Waals surface area (Å²) in [6, 6.07) is 0. The minimum Gasteiger partial charge on any atom is -1.00 e. The first-order valence-corrected chi connectivity index (χ1v) is 6.38. The summed E-state index contributed by atoms with van der Waals surface area (Å²) in [5, 5.41) is 20.4. The molecule has 0 saturated carbocycles. The third-order valence-corrected chi connectivity index (χ3v) is 2.54. The summed E-state index contributed by atoms with van der Waals surface area (Å²) in [5.74, 6) is -23.8. The number of carbonyl (C=O) groups is 2. The summed E-state index contributed by atoms with van der Waals surface area (Å²) in [5.41, 5.74) is 0. The molecule has 0 aliphatic heterocycles. The van der Waals surface area contributed by atoms with Crippen molar-refractivity contribution < 1.29 is 127 Å². The van der Waals surface area contributed by atoms with E-state index in [9.17, 15) is 81.3 Å². The smallest absolute Gasteiger partial charge is 1.00 e. The Kier molecular flexibility index (Phi) is 23.8. The Labute approximate surface area is 211 Å². The Morgan fingerprint density at radius 2 is 0.714 bits per heavy atom. The number of carbonyl (C=O) groups excluding carboxylic acids is 2. The summed E-state index contributed by atoms with van der Waals surface area (Å²) < 4.78 is 166. The molecule has 0 aliphatic rings. The zero-order valence-electron chi connectivity index (χ0n) is 15.8. The van der Waals surface area contributed by atoms with Gasteiger partial charge in [0.2, 0.25) is 0 Å². The average Bonchev–Trinajstić information content (AvgIpc) is 2.49. The van der Waals surface area contributed by atoms with Crippen LogP contribution in [0, 0.1) is 0 Å². The molecule has 0 aromatic heterocycles. The van der Waals surface area contributed by atoms with Crippen molar-refractivity contribution in [2.45, 2.75) is 36.0 Å². The fourth-order valence-electron chi connectivity index (χ4n) is 1.00. The number of nitrogens with one attached hydrogen (secondary N) is 2. The summed E-state index contributed by atoms with van der Waals surface area (Å²) >= 11 is 0. The molecule has 0 spiro atoms. The van der Waals surface area contributed by atoms with Gasteiger partial charge in [0.05, 0.1) is 13.1 Å². The van der Waals surface area contributed by atoms with Gasteiger partial charge in [0.25, 0.3) is 0 Å². The fourth-order valence-corrected chi connectivity index (χ4v) is 1.00. The van der Waals surface area contributed by atoms with Crippen molar-refractivity contribution in [2.75, 3.05) is 13.1 Å². The van der Waals surface area contributed by atoms with Crippen molar-refractivity contribution in [3.05, 3.63) is 0 Å². The number of halogens is 16. The molecule has 0 fully saturated rings. The number of rotatable bonds is 6. The van der Waals surface area contributed by atoms with Crippen LogP contribution in [0.25, 0.3) is 0 Å². The van der Waals surface area contributed by atoms with Crippen LogP contribution in [-0.2, 0) is 21.1 Å². The van der Waals surface area contributed by atoms with Gasteiger partial charge in [0.1, 0.15) is 12.2 Å². The van der Waals surface area contributed by atoms with E-state index in [-0.39, 0.29) is 58.2 Å². The quantitative estimate of drug-likeness (QED) is 0.199. The standard InChI is InChI=1S/2C5H4F7NO2.2ClH.2H3N.Pt/c2*6-3(7,1-13-2(14)15)4(8,9)5(10,11)12;;;;;/h2*13H,1H2,(H,14,15);2*1H;2*1H3;/q;;;;;;+4/p-4. The fraction of sp³-hybridized carbons (Fsp3) is 0.800. The maximum absolute atomic E-state index is 12.2.